The first-order chi connectivity index (χ1) is 10.2. The molecule has 1 amide bonds. The maximum Gasteiger partial charge on any atom is 0.225 e. The van der Waals surface area contributed by atoms with Crippen LogP contribution in [0.1, 0.15) is 26.2 Å². The summed E-state index contributed by atoms with van der Waals surface area (Å²) in [5.41, 5.74) is 0. The second-order valence-electron chi connectivity index (χ2n) is 5.26. The number of nitrogens with one attached hydrogen (secondary N) is 1. The van der Waals surface area contributed by atoms with Crippen LogP contribution in [0, 0.1) is 11.7 Å². The molecular formula is C16H22FNO3. The molecule has 1 heterocycles. The topological polar surface area (TPSA) is 47.6 Å². The van der Waals surface area contributed by atoms with Gasteiger partial charge in [0.25, 0.3) is 0 Å². The fraction of sp³-hybridized carbons (Fsp3) is 0.562. The molecule has 0 aromatic heterocycles. The van der Waals surface area contributed by atoms with Gasteiger partial charge in [-0.3, -0.25) is 4.79 Å². The van der Waals surface area contributed by atoms with Crippen molar-refractivity contribution in [1.29, 1.82) is 0 Å². The molecule has 1 aromatic rings. The first-order valence-electron chi connectivity index (χ1n) is 7.46. The molecule has 5 heteroatoms. The van der Waals surface area contributed by atoms with Crippen LogP contribution in [0.3, 0.4) is 0 Å². The van der Waals surface area contributed by atoms with Crippen LogP contribution in [0.15, 0.2) is 24.3 Å². The summed E-state index contributed by atoms with van der Waals surface area (Å²) in [6.07, 6.45) is 2.36. The van der Waals surface area contributed by atoms with Crippen LogP contribution >= 0.6 is 0 Å². The summed E-state index contributed by atoms with van der Waals surface area (Å²) in [6, 6.07) is 6.04. The standard InChI is InChI=1S/C16H22FNO3/c1-2-14(21-15-7-3-6-13(17)9-15)10-18-16(19)12-5-4-8-20-11-12/h3,6-7,9,12,14H,2,4-5,8,10-11H2,1H3,(H,18,19)/t12-,14-/m0/s1. The normalized spacial score (nSPS) is 19.8. The molecule has 116 valence electrons. The SMILES string of the molecule is CC[C@@H](CNC(=O)[C@H]1CCCOC1)Oc1cccc(F)c1. The number of rotatable bonds is 6. The van der Waals surface area contributed by atoms with Gasteiger partial charge >= 0.3 is 0 Å². The maximum atomic E-state index is 13.1. The highest BCUT2D eigenvalue weighted by atomic mass is 19.1. The summed E-state index contributed by atoms with van der Waals surface area (Å²) in [7, 11) is 0. The molecule has 0 unspecified atom stereocenters. The van der Waals surface area contributed by atoms with Crippen LogP contribution in [0.4, 0.5) is 4.39 Å². The molecule has 4 nitrogen and oxygen atoms in total. The summed E-state index contributed by atoms with van der Waals surface area (Å²) in [4.78, 5) is 12.0. The minimum atomic E-state index is -0.328. The number of benzene rings is 1. The average Bonchev–Trinajstić information content (AvgIpc) is 2.52. The van der Waals surface area contributed by atoms with Crippen molar-refractivity contribution in [1.82, 2.24) is 5.32 Å². The molecule has 21 heavy (non-hydrogen) atoms. The van der Waals surface area contributed by atoms with Gasteiger partial charge in [0.1, 0.15) is 17.7 Å². The Labute approximate surface area is 124 Å². The Kier molecular flexibility index (Phi) is 5.99. The molecule has 1 aliphatic rings. The molecule has 1 aliphatic heterocycles. The fourth-order valence-electron chi connectivity index (χ4n) is 2.31. The Bertz CT molecular complexity index is 461. The molecule has 1 aromatic carbocycles. The van der Waals surface area contributed by atoms with Crippen molar-refractivity contribution in [2.45, 2.75) is 32.3 Å². The summed E-state index contributed by atoms with van der Waals surface area (Å²) >= 11 is 0. The molecule has 0 aliphatic carbocycles. The number of ether oxygens (including phenoxy) is 2. The van der Waals surface area contributed by atoms with E-state index in [9.17, 15) is 9.18 Å². The minimum Gasteiger partial charge on any atom is -0.489 e. The van der Waals surface area contributed by atoms with E-state index in [0.717, 1.165) is 25.9 Å². The van der Waals surface area contributed by atoms with E-state index in [0.29, 0.717) is 18.9 Å². The van der Waals surface area contributed by atoms with Gasteiger partial charge in [0.05, 0.1) is 19.1 Å². The predicted octanol–water partition coefficient (Wildman–Crippen LogP) is 2.53. The Hall–Kier alpha value is -1.62. The molecule has 0 radical (unpaired) electrons. The van der Waals surface area contributed by atoms with Crippen LogP contribution in [-0.2, 0) is 9.53 Å². The third kappa shape index (κ3) is 5.01. The quantitative estimate of drug-likeness (QED) is 0.877. The summed E-state index contributed by atoms with van der Waals surface area (Å²) in [5, 5.41) is 2.90. The van der Waals surface area contributed by atoms with Crippen molar-refractivity contribution in [3.05, 3.63) is 30.1 Å². The van der Waals surface area contributed by atoms with Crippen LogP contribution in [0.5, 0.6) is 5.75 Å². The third-order valence-corrected chi connectivity index (χ3v) is 3.59. The number of amides is 1. The molecule has 1 fully saturated rings. The first kappa shape index (κ1) is 15.8. The lowest BCUT2D eigenvalue weighted by atomic mass is 10.0. The Morgan fingerprint density at radius 1 is 1.57 bits per heavy atom. The van der Waals surface area contributed by atoms with Gasteiger partial charge in [-0.15, -0.1) is 0 Å². The highest BCUT2D eigenvalue weighted by Crippen LogP contribution is 2.16. The number of carbonyl (C=O) groups excluding carboxylic acids is 1. The molecule has 0 bridgehead atoms. The van der Waals surface area contributed by atoms with Gasteiger partial charge in [0.2, 0.25) is 5.91 Å². The van der Waals surface area contributed by atoms with Crippen LogP contribution in [0.2, 0.25) is 0 Å². The number of hydrogen-bond acceptors (Lipinski definition) is 3. The highest BCUT2D eigenvalue weighted by molar-refractivity contribution is 5.78. The van der Waals surface area contributed by atoms with Crippen molar-refractivity contribution in [2.24, 2.45) is 5.92 Å². The van der Waals surface area contributed by atoms with E-state index >= 15 is 0 Å². The van der Waals surface area contributed by atoms with Crippen LogP contribution in [0.25, 0.3) is 0 Å². The molecule has 1 N–H and O–H groups in total. The van der Waals surface area contributed by atoms with Gasteiger partial charge in [-0.25, -0.2) is 4.39 Å². The molecular weight excluding hydrogens is 273 g/mol. The molecule has 2 rings (SSSR count). The minimum absolute atomic E-state index is 0.0102. The smallest absolute Gasteiger partial charge is 0.225 e. The van der Waals surface area contributed by atoms with Gasteiger partial charge in [0, 0.05) is 12.7 Å². The number of hydrogen-bond donors (Lipinski definition) is 1. The largest absolute Gasteiger partial charge is 0.489 e. The molecule has 2 atom stereocenters. The van der Waals surface area contributed by atoms with E-state index in [2.05, 4.69) is 5.32 Å². The first-order valence-corrected chi connectivity index (χ1v) is 7.46. The summed E-state index contributed by atoms with van der Waals surface area (Å²) < 4.78 is 24.1. The van der Waals surface area contributed by atoms with Crippen molar-refractivity contribution < 1.29 is 18.7 Å². The fourth-order valence-corrected chi connectivity index (χ4v) is 2.31. The predicted molar refractivity (Wildman–Crippen MR) is 77.7 cm³/mol. The average molecular weight is 295 g/mol. The number of carbonyl (C=O) groups is 1. The Morgan fingerprint density at radius 2 is 2.43 bits per heavy atom. The molecule has 0 saturated carbocycles. The molecule has 1 saturated heterocycles. The maximum absolute atomic E-state index is 13.1. The monoisotopic (exact) mass is 295 g/mol. The summed E-state index contributed by atoms with van der Waals surface area (Å²) in [6.45, 7) is 3.62. The number of halogens is 1. The van der Waals surface area contributed by atoms with Crippen molar-refractivity contribution >= 4 is 5.91 Å². The van der Waals surface area contributed by atoms with Gasteiger partial charge in [-0.2, -0.15) is 0 Å². The summed E-state index contributed by atoms with van der Waals surface area (Å²) in [5.74, 6) is 0.101. The van der Waals surface area contributed by atoms with E-state index in [4.69, 9.17) is 9.47 Å². The van der Waals surface area contributed by atoms with E-state index < -0.39 is 0 Å². The Balaban J connectivity index is 1.80. The zero-order valence-corrected chi connectivity index (χ0v) is 12.3. The van der Waals surface area contributed by atoms with Gasteiger partial charge in [0.15, 0.2) is 0 Å². The van der Waals surface area contributed by atoms with E-state index in [-0.39, 0.29) is 23.7 Å². The lowest BCUT2D eigenvalue weighted by Crippen LogP contribution is -2.40. The van der Waals surface area contributed by atoms with Crippen molar-refractivity contribution in [3.63, 3.8) is 0 Å². The van der Waals surface area contributed by atoms with E-state index in [1.54, 1.807) is 12.1 Å². The van der Waals surface area contributed by atoms with Crippen LogP contribution < -0.4 is 10.1 Å². The van der Waals surface area contributed by atoms with Gasteiger partial charge < -0.3 is 14.8 Å². The zero-order chi connectivity index (χ0) is 15.1. The van der Waals surface area contributed by atoms with Crippen LogP contribution in [-0.4, -0.2) is 31.8 Å². The lowest BCUT2D eigenvalue weighted by Gasteiger charge is -2.23. The van der Waals surface area contributed by atoms with Gasteiger partial charge in [-0.05, 0) is 31.4 Å². The third-order valence-electron chi connectivity index (χ3n) is 3.59. The highest BCUT2D eigenvalue weighted by Gasteiger charge is 2.22. The Morgan fingerprint density at radius 3 is 3.10 bits per heavy atom. The van der Waals surface area contributed by atoms with Crippen molar-refractivity contribution in [3.8, 4) is 5.75 Å². The van der Waals surface area contributed by atoms with Crippen molar-refractivity contribution in [2.75, 3.05) is 19.8 Å². The van der Waals surface area contributed by atoms with Gasteiger partial charge in [-0.1, -0.05) is 13.0 Å². The zero-order valence-electron chi connectivity index (χ0n) is 12.3. The lowest BCUT2D eigenvalue weighted by molar-refractivity contribution is -0.129. The second-order valence-corrected chi connectivity index (χ2v) is 5.26. The van der Waals surface area contributed by atoms with E-state index in [1.807, 2.05) is 6.92 Å². The second kappa shape index (κ2) is 7.98. The molecule has 0 spiro atoms. The van der Waals surface area contributed by atoms with E-state index in [1.165, 1.54) is 12.1 Å².